The molecule has 0 spiro atoms. The number of sulfone groups is 1. The van der Waals surface area contributed by atoms with E-state index in [-0.39, 0.29) is 10.6 Å². The van der Waals surface area contributed by atoms with Crippen LogP contribution in [0.2, 0.25) is 0 Å². The highest BCUT2D eigenvalue weighted by Crippen LogP contribution is 2.32. The van der Waals surface area contributed by atoms with Crippen LogP contribution >= 0.6 is 47.8 Å². The molecule has 2 nitrogen and oxygen atoms in total. The van der Waals surface area contributed by atoms with Gasteiger partial charge in [-0.15, -0.1) is 0 Å². The molecule has 0 heterocycles. The largest absolute Gasteiger partial charge is 0.229 e. The molecule has 84 valence electrons. The summed E-state index contributed by atoms with van der Waals surface area (Å²) in [6.07, 6.45) is 1.23. The third kappa shape index (κ3) is 4.54. The van der Waals surface area contributed by atoms with Crippen molar-refractivity contribution < 1.29 is 8.42 Å². The minimum absolute atomic E-state index is 0.0854. The molecule has 1 rings (SSSR count). The van der Waals surface area contributed by atoms with Crippen LogP contribution in [0.4, 0.5) is 0 Å². The molecule has 1 atom stereocenters. The Morgan fingerprint density at radius 2 is 1.93 bits per heavy atom. The van der Waals surface area contributed by atoms with Crippen molar-refractivity contribution in [2.75, 3.05) is 12.0 Å². The van der Waals surface area contributed by atoms with Crippen molar-refractivity contribution in [2.45, 2.75) is 4.83 Å². The molecule has 0 amide bonds. The SMILES string of the molecule is CS(=O)(=O)CC(Br)c1cc(Br)ccc1Br. The van der Waals surface area contributed by atoms with Crippen molar-refractivity contribution >= 4 is 57.6 Å². The minimum Gasteiger partial charge on any atom is -0.229 e. The molecular weight excluding hydrogens is 412 g/mol. The van der Waals surface area contributed by atoms with E-state index >= 15 is 0 Å². The molecule has 0 fully saturated rings. The molecule has 0 aromatic heterocycles. The summed E-state index contributed by atoms with van der Waals surface area (Å²) in [6.45, 7) is 0. The van der Waals surface area contributed by atoms with Gasteiger partial charge in [0.25, 0.3) is 0 Å². The summed E-state index contributed by atoms with van der Waals surface area (Å²) >= 11 is 10.1. The summed E-state index contributed by atoms with van der Waals surface area (Å²) in [4.78, 5) is -0.195. The van der Waals surface area contributed by atoms with Gasteiger partial charge in [-0.1, -0.05) is 47.8 Å². The molecule has 0 bridgehead atoms. The second-order valence-corrected chi connectivity index (χ2v) is 8.29. The zero-order valence-corrected chi connectivity index (χ0v) is 13.4. The van der Waals surface area contributed by atoms with Gasteiger partial charge in [-0.25, -0.2) is 8.42 Å². The van der Waals surface area contributed by atoms with Crippen molar-refractivity contribution in [3.63, 3.8) is 0 Å². The summed E-state index contributed by atoms with van der Waals surface area (Å²) in [5, 5.41) is 0. The van der Waals surface area contributed by atoms with Crippen LogP contribution in [0, 0.1) is 0 Å². The maximum absolute atomic E-state index is 11.2. The summed E-state index contributed by atoms with van der Waals surface area (Å²) in [5.41, 5.74) is 0.926. The lowest BCUT2D eigenvalue weighted by atomic mass is 10.2. The van der Waals surface area contributed by atoms with E-state index in [0.717, 1.165) is 14.5 Å². The number of halogens is 3. The summed E-state index contributed by atoms with van der Waals surface area (Å²) < 4.78 is 24.1. The lowest BCUT2D eigenvalue weighted by Gasteiger charge is -2.11. The molecule has 6 heteroatoms. The second-order valence-electron chi connectivity index (χ2n) is 3.23. The van der Waals surface area contributed by atoms with Gasteiger partial charge in [0.1, 0.15) is 9.84 Å². The second kappa shape index (κ2) is 5.29. The first-order valence-corrected chi connectivity index (χ1v) is 8.62. The molecule has 0 saturated heterocycles. The van der Waals surface area contributed by atoms with Crippen LogP contribution in [0.15, 0.2) is 27.1 Å². The number of hydrogen-bond acceptors (Lipinski definition) is 2. The van der Waals surface area contributed by atoms with E-state index in [4.69, 9.17) is 0 Å². The number of rotatable bonds is 3. The monoisotopic (exact) mass is 418 g/mol. The van der Waals surface area contributed by atoms with E-state index < -0.39 is 9.84 Å². The third-order valence-electron chi connectivity index (χ3n) is 1.74. The van der Waals surface area contributed by atoms with Crippen molar-refractivity contribution in [1.29, 1.82) is 0 Å². The fraction of sp³-hybridized carbons (Fsp3) is 0.333. The van der Waals surface area contributed by atoms with Crippen LogP contribution in [0.3, 0.4) is 0 Å². The quantitative estimate of drug-likeness (QED) is 0.699. The Morgan fingerprint density at radius 3 is 2.47 bits per heavy atom. The first-order chi connectivity index (χ1) is 6.79. The van der Waals surface area contributed by atoms with Gasteiger partial charge in [0.2, 0.25) is 0 Å². The van der Waals surface area contributed by atoms with Crippen LogP contribution in [0.1, 0.15) is 10.4 Å². The fourth-order valence-electron chi connectivity index (χ4n) is 1.11. The van der Waals surface area contributed by atoms with E-state index in [1.807, 2.05) is 18.2 Å². The van der Waals surface area contributed by atoms with E-state index in [1.165, 1.54) is 6.26 Å². The molecule has 0 N–H and O–H groups in total. The Kier molecular flexibility index (Phi) is 4.83. The normalized spacial score (nSPS) is 13.9. The zero-order valence-electron chi connectivity index (χ0n) is 7.88. The van der Waals surface area contributed by atoms with Crippen molar-refractivity contribution in [3.8, 4) is 0 Å². The molecular formula is C9H9Br3O2S. The van der Waals surface area contributed by atoms with Gasteiger partial charge >= 0.3 is 0 Å². The van der Waals surface area contributed by atoms with Crippen LogP contribution in [0.5, 0.6) is 0 Å². The Labute approximate surface area is 115 Å². The smallest absolute Gasteiger partial charge is 0.148 e. The molecule has 0 aliphatic rings. The van der Waals surface area contributed by atoms with Crippen LogP contribution in [-0.4, -0.2) is 20.4 Å². The van der Waals surface area contributed by atoms with E-state index in [0.29, 0.717) is 0 Å². The average molecular weight is 421 g/mol. The molecule has 1 unspecified atom stereocenters. The first kappa shape index (κ1) is 13.7. The molecule has 0 radical (unpaired) electrons. The fourth-order valence-corrected chi connectivity index (χ4v) is 4.85. The lowest BCUT2D eigenvalue weighted by molar-refractivity contribution is 0.601. The molecule has 15 heavy (non-hydrogen) atoms. The number of benzene rings is 1. The predicted octanol–water partition coefficient (Wildman–Crippen LogP) is 3.69. The van der Waals surface area contributed by atoms with Crippen LogP contribution in [-0.2, 0) is 9.84 Å². The Morgan fingerprint density at radius 1 is 1.33 bits per heavy atom. The standard InChI is InChI=1S/C9H9Br3O2S/c1-15(13,14)5-9(12)7-4-6(10)2-3-8(7)11/h2-4,9H,5H2,1H3. The van der Waals surface area contributed by atoms with E-state index in [9.17, 15) is 8.42 Å². The highest BCUT2D eigenvalue weighted by Gasteiger charge is 2.16. The molecule has 1 aromatic carbocycles. The van der Waals surface area contributed by atoms with Gasteiger partial charge in [-0.05, 0) is 23.8 Å². The number of alkyl halides is 1. The lowest BCUT2D eigenvalue weighted by Crippen LogP contribution is -2.09. The van der Waals surface area contributed by atoms with Crippen molar-refractivity contribution in [3.05, 3.63) is 32.7 Å². The Hall–Kier alpha value is 0.610. The highest BCUT2D eigenvalue weighted by molar-refractivity contribution is 9.11. The van der Waals surface area contributed by atoms with Gasteiger partial charge in [0.05, 0.1) is 10.6 Å². The van der Waals surface area contributed by atoms with Crippen molar-refractivity contribution in [1.82, 2.24) is 0 Å². The average Bonchev–Trinajstić information content (AvgIpc) is 2.06. The molecule has 0 aliphatic heterocycles. The first-order valence-electron chi connectivity index (χ1n) is 4.06. The van der Waals surface area contributed by atoms with Gasteiger partial charge in [0, 0.05) is 15.2 Å². The molecule has 1 aromatic rings. The summed E-state index contributed by atoms with van der Waals surface area (Å²) in [5.74, 6) is 0.0854. The van der Waals surface area contributed by atoms with Crippen LogP contribution in [0.25, 0.3) is 0 Å². The molecule has 0 saturated carbocycles. The van der Waals surface area contributed by atoms with E-state index in [2.05, 4.69) is 47.8 Å². The number of hydrogen-bond donors (Lipinski definition) is 0. The highest BCUT2D eigenvalue weighted by atomic mass is 79.9. The van der Waals surface area contributed by atoms with Crippen molar-refractivity contribution in [2.24, 2.45) is 0 Å². The maximum Gasteiger partial charge on any atom is 0.148 e. The van der Waals surface area contributed by atoms with Gasteiger partial charge in [0.15, 0.2) is 0 Å². The minimum atomic E-state index is -2.98. The van der Waals surface area contributed by atoms with Gasteiger partial charge in [-0.2, -0.15) is 0 Å². The summed E-state index contributed by atoms with van der Waals surface area (Å²) in [6, 6.07) is 5.68. The molecule has 0 aliphatic carbocycles. The summed E-state index contributed by atoms with van der Waals surface area (Å²) in [7, 11) is -2.98. The zero-order chi connectivity index (χ0) is 11.6. The van der Waals surface area contributed by atoms with Gasteiger partial charge in [-0.3, -0.25) is 0 Å². The van der Waals surface area contributed by atoms with Crippen LogP contribution < -0.4 is 0 Å². The maximum atomic E-state index is 11.2. The third-order valence-corrected chi connectivity index (χ3v) is 5.14. The topological polar surface area (TPSA) is 34.1 Å². The van der Waals surface area contributed by atoms with E-state index in [1.54, 1.807) is 0 Å². The van der Waals surface area contributed by atoms with Gasteiger partial charge < -0.3 is 0 Å². The Bertz CT molecular complexity index is 456. The predicted molar refractivity (Wildman–Crippen MR) is 73.2 cm³/mol. The Balaban J connectivity index is 3.00.